The Balaban J connectivity index is 1.64. The van der Waals surface area contributed by atoms with Crippen molar-refractivity contribution in [1.82, 2.24) is 19.5 Å². The Morgan fingerprint density at radius 3 is 2.65 bits per heavy atom. The van der Waals surface area contributed by atoms with Gasteiger partial charge in [-0.15, -0.1) is 0 Å². The Kier molecular flexibility index (Phi) is 4.14. The summed E-state index contributed by atoms with van der Waals surface area (Å²) in [6.45, 7) is 3.27. The van der Waals surface area contributed by atoms with Crippen molar-refractivity contribution in [3.05, 3.63) is 45.0 Å². The van der Waals surface area contributed by atoms with E-state index in [9.17, 15) is 9.59 Å². The van der Waals surface area contributed by atoms with Crippen LogP contribution in [0.2, 0.25) is 0 Å². The highest BCUT2D eigenvalue weighted by Crippen LogP contribution is 2.19. The second-order valence-electron chi connectivity index (χ2n) is 5.66. The van der Waals surface area contributed by atoms with E-state index in [4.69, 9.17) is 4.74 Å². The van der Waals surface area contributed by atoms with Crippen molar-refractivity contribution in [2.75, 3.05) is 18.0 Å². The molecule has 1 aliphatic heterocycles. The van der Waals surface area contributed by atoms with Gasteiger partial charge in [-0.2, -0.15) is 0 Å². The van der Waals surface area contributed by atoms with Gasteiger partial charge in [-0.3, -0.25) is 19.3 Å². The maximum absolute atomic E-state index is 11.7. The molecule has 2 aromatic heterocycles. The molecule has 23 heavy (non-hydrogen) atoms. The standard InChI is InChI=1S/C15H19N5O3/c1-10-8-16-9-13(17-10)23-11-3-5-20(6-4-11)12-7-14(21)19(2)15(22)18-12/h7-9,11H,3-6H2,1-2H3,(H,18,22). The Bertz CT molecular complexity index is 774. The molecule has 1 saturated heterocycles. The van der Waals surface area contributed by atoms with Gasteiger partial charge in [-0.1, -0.05) is 0 Å². The first-order valence-electron chi connectivity index (χ1n) is 7.53. The van der Waals surface area contributed by atoms with E-state index in [1.54, 1.807) is 12.4 Å². The number of rotatable bonds is 3. The van der Waals surface area contributed by atoms with Crippen LogP contribution in [-0.4, -0.2) is 38.7 Å². The number of nitrogens with zero attached hydrogens (tertiary/aromatic N) is 4. The lowest BCUT2D eigenvalue weighted by molar-refractivity contribution is 0.163. The molecule has 3 rings (SSSR count). The fraction of sp³-hybridized carbons (Fsp3) is 0.467. The van der Waals surface area contributed by atoms with Crippen LogP contribution in [0.15, 0.2) is 28.0 Å². The number of hydrogen-bond donors (Lipinski definition) is 1. The second kappa shape index (κ2) is 6.23. The summed E-state index contributed by atoms with van der Waals surface area (Å²) in [4.78, 5) is 36.5. The number of H-pyrrole nitrogens is 1. The zero-order valence-electron chi connectivity index (χ0n) is 13.2. The summed E-state index contributed by atoms with van der Waals surface area (Å²) in [6.07, 6.45) is 4.92. The van der Waals surface area contributed by atoms with Crippen molar-refractivity contribution in [3.63, 3.8) is 0 Å². The molecule has 0 saturated carbocycles. The summed E-state index contributed by atoms with van der Waals surface area (Å²) < 4.78 is 6.90. The third kappa shape index (κ3) is 3.41. The lowest BCUT2D eigenvalue weighted by Crippen LogP contribution is -2.41. The minimum atomic E-state index is -0.402. The second-order valence-corrected chi connectivity index (χ2v) is 5.66. The third-order valence-corrected chi connectivity index (χ3v) is 3.93. The number of anilines is 1. The molecule has 1 fully saturated rings. The molecule has 0 radical (unpaired) electrons. The third-order valence-electron chi connectivity index (χ3n) is 3.93. The number of aromatic amines is 1. The maximum atomic E-state index is 11.7. The maximum Gasteiger partial charge on any atom is 0.329 e. The van der Waals surface area contributed by atoms with Gasteiger partial charge in [0.2, 0.25) is 5.88 Å². The SMILES string of the molecule is Cc1cncc(OC2CCN(c3cc(=O)n(C)c(=O)[nH]3)CC2)n1. The highest BCUT2D eigenvalue weighted by Gasteiger charge is 2.22. The van der Waals surface area contributed by atoms with Crippen LogP contribution >= 0.6 is 0 Å². The molecule has 0 spiro atoms. The Morgan fingerprint density at radius 1 is 1.26 bits per heavy atom. The van der Waals surface area contributed by atoms with Gasteiger partial charge in [-0.25, -0.2) is 9.78 Å². The highest BCUT2D eigenvalue weighted by atomic mass is 16.5. The Hall–Kier alpha value is -2.64. The van der Waals surface area contributed by atoms with Crippen molar-refractivity contribution in [1.29, 1.82) is 0 Å². The molecule has 122 valence electrons. The molecule has 1 N–H and O–H groups in total. The minimum Gasteiger partial charge on any atom is -0.473 e. The average molecular weight is 317 g/mol. The Morgan fingerprint density at radius 2 is 2.00 bits per heavy atom. The van der Waals surface area contributed by atoms with Crippen LogP contribution in [0.25, 0.3) is 0 Å². The number of nitrogens with one attached hydrogen (secondary N) is 1. The first kappa shape index (κ1) is 15.3. The lowest BCUT2D eigenvalue weighted by Gasteiger charge is -2.32. The van der Waals surface area contributed by atoms with Crippen LogP contribution in [0.1, 0.15) is 18.5 Å². The van der Waals surface area contributed by atoms with E-state index in [0.717, 1.165) is 23.1 Å². The van der Waals surface area contributed by atoms with Gasteiger partial charge in [0.15, 0.2) is 0 Å². The van der Waals surface area contributed by atoms with Crippen molar-refractivity contribution in [2.24, 2.45) is 7.05 Å². The number of aromatic nitrogens is 4. The predicted molar refractivity (Wildman–Crippen MR) is 84.9 cm³/mol. The molecule has 0 amide bonds. The molecular formula is C15H19N5O3. The molecule has 0 aliphatic carbocycles. The topological polar surface area (TPSA) is 93.1 Å². The van der Waals surface area contributed by atoms with Crippen LogP contribution in [0, 0.1) is 6.92 Å². The van der Waals surface area contributed by atoms with E-state index >= 15 is 0 Å². The lowest BCUT2D eigenvalue weighted by atomic mass is 10.1. The van der Waals surface area contributed by atoms with E-state index in [1.165, 1.54) is 13.1 Å². The quantitative estimate of drug-likeness (QED) is 0.870. The van der Waals surface area contributed by atoms with E-state index in [0.29, 0.717) is 24.8 Å². The zero-order chi connectivity index (χ0) is 16.4. The molecule has 2 aromatic rings. The number of hydrogen-bond acceptors (Lipinski definition) is 6. The number of ether oxygens (including phenoxy) is 1. The van der Waals surface area contributed by atoms with Crippen LogP contribution in [0.5, 0.6) is 5.88 Å². The van der Waals surface area contributed by atoms with E-state index in [1.807, 2.05) is 11.8 Å². The molecule has 3 heterocycles. The van der Waals surface area contributed by atoms with Gasteiger partial charge in [0.05, 0.1) is 11.9 Å². The first-order valence-corrected chi connectivity index (χ1v) is 7.53. The van der Waals surface area contributed by atoms with Crippen molar-refractivity contribution < 1.29 is 4.74 Å². The predicted octanol–water partition coefficient (Wildman–Crippen LogP) is 0.220. The average Bonchev–Trinajstić information content (AvgIpc) is 2.53. The molecule has 1 aliphatic rings. The van der Waals surface area contributed by atoms with Crippen molar-refractivity contribution in [3.8, 4) is 5.88 Å². The van der Waals surface area contributed by atoms with E-state index < -0.39 is 5.69 Å². The van der Waals surface area contributed by atoms with Gasteiger partial charge in [0, 0.05) is 45.2 Å². The van der Waals surface area contributed by atoms with Gasteiger partial charge in [0.25, 0.3) is 5.56 Å². The molecule has 0 unspecified atom stereocenters. The largest absolute Gasteiger partial charge is 0.473 e. The van der Waals surface area contributed by atoms with E-state index in [-0.39, 0.29) is 11.7 Å². The number of aryl methyl sites for hydroxylation is 1. The normalized spacial score (nSPS) is 15.7. The Labute approximate surface area is 132 Å². The fourth-order valence-electron chi connectivity index (χ4n) is 2.60. The minimum absolute atomic E-state index is 0.0561. The highest BCUT2D eigenvalue weighted by molar-refractivity contribution is 5.37. The van der Waals surface area contributed by atoms with Gasteiger partial charge >= 0.3 is 5.69 Å². The summed E-state index contributed by atoms with van der Waals surface area (Å²) in [7, 11) is 1.45. The van der Waals surface area contributed by atoms with Crippen LogP contribution in [0.3, 0.4) is 0 Å². The molecule has 8 nitrogen and oxygen atoms in total. The molecule has 8 heteroatoms. The van der Waals surface area contributed by atoms with Gasteiger partial charge in [-0.05, 0) is 6.92 Å². The summed E-state index contributed by atoms with van der Waals surface area (Å²) in [5.74, 6) is 1.09. The van der Waals surface area contributed by atoms with Crippen molar-refractivity contribution >= 4 is 5.82 Å². The van der Waals surface area contributed by atoms with Crippen LogP contribution in [0.4, 0.5) is 5.82 Å². The van der Waals surface area contributed by atoms with Gasteiger partial charge < -0.3 is 9.64 Å². The summed E-state index contributed by atoms with van der Waals surface area (Å²) in [6, 6.07) is 1.45. The zero-order valence-corrected chi connectivity index (χ0v) is 13.2. The molecule has 0 atom stereocenters. The van der Waals surface area contributed by atoms with Crippen LogP contribution < -0.4 is 20.9 Å². The fourth-order valence-corrected chi connectivity index (χ4v) is 2.60. The van der Waals surface area contributed by atoms with Crippen LogP contribution in [-0.2, 0) is 7.05 Å². The molecule has 0 aromatic carbocycles. The molecular weight excluding hydrogens is 298 g/mol. The van der Waals surface area contributed by atoms with E-state index in [2.05, 4.69) is 15.0 Å². The van der Waals surface area contributed by atoms with Gasteiger partial charge in [0.1, 0.15) is 11.9 Å². The first-order chi connectivity index (χ1) is 11.0. The summed E-state index contributed by atoms with van der Waals surface area (Å²) in [5.41, 5.74) is 0.107. The summed E-state index contributed by atoms with van der Waals surface area (Å²) in [5, 5.41) is 0. The smallest absolute Gasteiger partial charge is 0.329 e. The number of piperidine rings is 1. The molecule has 0 bridgehead atoms. The van der Waals surface area contributed by atoms with Crippen molar-refractivity contribution in [2.45, 2.75) is 25.9 Å². The monoisotopic (exact) mass is 317 g/mol. The summed E-state index contributed by atoms with van der Waals surface area (Å²) >= 11 is 0.